The zero-order valence-electron chi connectivity index (χ0n) is 12.1. The fourth-order valence-corrected chi connectivity index (χ4v) is 5.36. The highest BCUT2D eigenvalue weighted by atomic mass is 16.5. The molecular formula is C16H23N3O. The van der Waals surface area contributed by atoms with E-state index in [4.69, 9.17) is 10.5 Å². The Kier molecular flexibility index (Phi) is 2.69. The van der Waals surface area contributed by atoms with Gasteiger partial charge in [0, 0.05) is 11.5 Å². The molecule has 1 heterocycles. The molecule has 0 spiro atoms. The molecule has 4 aliphatic rings. The Labute approximate surface area is 120 Å². The maximum absolute atomic E-state index is 5.91. The summed E-state index contributed by atoms with van der Waals surface area (Å²) in [6, 6.07) is 2.05. The van der Waals surface area contributed by atoms with Gasteiger partial charge in [0.2, 0.25) is 11.8 Å². The van der Waals surface area contributed by atoms with Crippen molar-refractivity contribution in [2.45, 2.75) is 50.9 Å². The summed E-state index contributed by atoms with van der Waals surface area (Å²) in [4.78, 5) is 8.79. The lowest BCUT2D eigenvalue weighted by molar-refractivity contribution is -0.00732. The standard InChI is InChI=1S/C16H23N3O/c1-2-20-14-6-13(18-15(17)19-14)16-7-10-3-11(8-16)5-12(4-10)9-16/h6,10-12H,2-5,7-9H2,1H3,(H2,17,18,19). The van der Waals surface area contributed by atoms with Crippen LogP contribution in [-0.4, -0.2) is 16.6 Å². The molecule has 108 valence electrons. The van der Waals surface area contributed by atoms with Gasteiger partial charge in [-0.15, -0.1) is 0 Å². The number of rotatable bonds is 3. The number of aromatic nitrogens is 2. The third-order valence-electron chi connectivity index (χ3n) is 5.59. The van der Waals surface area contributed by atoms with E-state index in [9.17, 15) is 0 Å². The van der Waals surface area contributed by atoms with Crippen LogP contribution in [0.3, 0.4) is 0 Å². The average Bonchev–Trinajstić information content (AvgIpc) is 2.36. The molecule has 2 N–H and O–H groups in total. The molecule has 4 bridgehead atoms. The maximum Gasteiger partial charge on any atom is 0.223 e. The summed E-state index contributed by atoms with van der Waals surface area (Å²) >= 11 is 0. The highest BCUT2D eigenvalue weighted by Crippen LogP contribution is 2.60. The van der Waals surface area contributed by atoms with E-state index in [-0.39, 0.29) is 5.41 Å². The van der Waals surface area contributed by atoms with Gasteiger partial charge in [0.15, 0.2) is 0 Å². The van der Waals surface area contributed by atoms with E-state index in [2.05, 4.69) is 9.97 Å². The lowest BCUT2D eigenvalue weighted by Crippen LogP contribution is -2.49. The molecule has 0 aliphatic heterocycles. The van der Waals surface area contributed by atoms with Crippen LogP contribution >= 0.6 is 0 Å². The predicted octanol–water partition coefficient (Wildman–Crippen LogP) is 2.93. The quantitative estimate of drug-likeness (QED) is 0.919. The molecule has 0 amide bonds. The van der Waals surface area contributed by atoms with Crippen LogP contribution in [-0.2, 0) is 5.41 Å². The van der Waals surface area contributed by atoms with Crippen LogP contribution in [0.15, 0.2) is 6.07 Å². The Morgan fingerprint density at radius 2 is 1.75 bits per heavy atom. The SMILES string of the molecule is CCOc1cc(C23CC4CC(CC(C4)C2)C3)nc(N)n1. The molecular weight excluding hydrogens is 250 g/mol. The van der Waals surface area contributed by atoms with E-state index < -0.39 is 0 Å². The lowest BCUT2D eigenvalue weighted by atomic mass is 9.49. The number of nitrogens with zero attached hydrogens (tertiary/aromatic N) is 2. The Morgan fingerprint density at radius 3 is 2.30 bits per heavy atom. The van der Waals surface area contributed by atoms with Gasteiger partial charge < -0.3 is 10.5 Å². The molecule has 4 fully saturated rings. The molecule has 0 aromatic carbocycles. The van der Waals surface area contributed by atoms with Crippen LogP contribution in [0.5, 0.6) is 5.88 Å². The summed E-state index contributed by atoms with van der Waals surface area (Å²) < 4.78 is 5.56. The number of ether oxygens (including phenoxy) is 1. The van der Waals surface area contributed by atoms with E-state index in [1.807, 2.05) is 13.0 Å². The molecule has 5 rings (SSSR count). The molecule has 4 aliphatic carbocycles. The van der Waals surface area contributed by atoms with E-state index >= 15 is 0 Å². The van der Waals surface area contributed by atoms with Crippen molar-refractivity contribution in [1.29, 1.82) is 0 Å². The second-order valence-corrected chi connectivity index (χ2v) is 7.08. The summed E-state index contributed by atoms with van der Waals surface area (Å²) in [6.45, 7) is 2.60. The third kappa shape index (κ3) is 1.88. The first kappa shape index (κ1) is 12.4. The number of nitrogen functional groups attached to an aromatic ring is 1. The zero-order valence-corrected chi connectivity index (χ0v) is 12.1. The summed E-state index contributed by atoms with van der Waals surface area (Å²) in [6.07, 6.45) is 8.21. The van der Waals surface area contributed by atoms with Crippen molar-refractivity contribution in [2.24, 2.45) is 17.8 Å². The van der Waals surface area contributed by atoms with Crippen LogP contribution < -0.4 is 10.5 Å². The van der Waals surface area contributed by atoms with Crippen molar-refractivity contribution in [2.75, 3.05) is 12.3 Å². The molecule has 1 aromatic heterocycles. The average molecular weight is 273 g/mol. The first-order valence-electron chi connectivity index (χ1n) is 7.95. The van der Waals surface area contributed by atoms with Crippen LogP contribution in [0.2, 0.25) is 0 Å². The van der Waals surface area contributed by atoms with Gasteiger partial charge in [0.25, 0.3) is 0 Å². The third-order valence-corrected chi connectivity index (χ3v) is 5.59. The monoisotopic (exact) mass is 273 g/mol. The summed E-state index contributed by atoms with van der Waals surface area (Å²) in [5.74, 6) is 3.74. The Hall–Kier alpha value is -1.32. The molecule has 20 heavy (non-hydrogen) atoms. The number of nitrogens with two attached hydrogens (primary N) is 1. The fourth-order valence-electron chi connectivity index (χ4n) is 5.36. The minimum atomic E-state index is 0.262. The first-order chi connectivity index (χ1) is 9.67. The number of anilines is 1. The Morgan fingerprint density at radius 1 is 1.15 bits per heavy atom. The summed E-state index contributed by atoms with van der Waals surface area (Å²) in [7, 11) is 0. The number of hydrogen-bond donors (Lipinski definition) is 1. The smallest absolute Gasteiger partial charge is 0.223 e. The Bertz CT molecular complexity index is 493. The Balaban J connectivity index is 1.73. The summed E-state index contributed by atoms with van der Waals surface area (Å²) in [5.41, 5.74) is 7.31. The van der Waals surface area contributed by atoms with Gasteiger partial charge in [-0.05, 0) is 63.2 Å². The van der Waals surface area contributed by atoms with E-state index in [0.717, 1.165) is 23.4 Å². The first-order valence-corrected chi connectivity index (χ1v) is 7.95. The van der Waals surface area contributed by atoms with Crippen molar-refractivity contribution >= 4 is 5.95 Å². The minimum absolute atomic E-state index is 0.262. The van der Waals surface area contributed by atoms with Crippen LogP contribution in [0.4, 0.5) is 5.95 Å². The van der Waals surface area contributed by atoms with Gasteiger partial charge in [0.1, 0.15) is 0 Å². The highest BCUT2D eigenvalue weighted by molar-refractivity contribution is 5.32. The fraction of sp³-hybridized carbons (Fsp3) is 0.750. The molecule has 0 atom stereocenters. The molecule has 4 saturated carbocycles. The molecule has 0 unspecified atom stereocenters. The molecule has 4 nitrogen and oxygen atoms in total. The van der Waals surface area contributed by atoms with Crippen LogP contribution in [0, 0.1) is 17.8 Å². The molecule has 1 aromatic rings. The topological polar surface area (TPSA) is 61.0 Å². The van der Waals surface area contributed by atoms with E-state index in [0.29, 0.717) is 18.4 Å². The van der Waals surface area contributed by atoms with Gasteiger partial charge in [-0.1, -0.05) is 0 Å². The van der Waals surface area contributed by atoms with Gasteiger partial charge >= 0.3 is 0 Å². The lowest BCUT2D eigenvalue weighted by Gasteiger charge is -2.56. The van der Waals surface area contributed by atoms with Gasteiger partial charge in [0.05, 0.1) is 12.3 Å². The highest BCUT2D eigenvalue weighted by Gasteiger charge is 2.52. The zero-order chi connectivity index (χ0) is 13.7. The largest absolute Gasteiger partial charge is 0.478 e. The second-order valence-electron chi connectivity index (χ2n) is 7.08. The van der Waals surface area contributed by atoms with Gasteiger partial charge in [-0.2, -0.15) is 4.98 Å². The minimum Gasteiger partial charge on any atom is -0.478 e. The van der Waals surface area contributed by atoms with Crippen LogP contribution in [0.25, 0.3) is 0 Å². The van der Waals surface area contributed by atoms with Crippen molar-refractivity contribution in [1.82, 2.24) is 9.97 Å². The molecule has 4 heteroatoms. The van der Waals surface area contributed by atoms with Gasteiger partial charge in [-0.3, -0.25) is 0 Å². The van der Waals surface area contributed by atoms with Crippen molar-refractivity contribution in [3.05, 3.63) is 11.8 Å². The normalized spacial score (nSPS) is 38.1. The van der Waals surface area contributed by atoms with Crippen molar-refractivity contribution < 1.29 is 4.74 Å². The van der Waals surface area contributed by atoms with Gasteiger partial charge in [-0.25, -0.2) is 4.98 Å². The van der Waals surface area contributed by atoms with Crippen molar-refractivity contribution in [3.63, 3.8) is 0 Å². The number of hydrogen-bond acceptors (Lipinski definition) is 4. The molecule has 0 radical (unpaired) electrons. The summed E-state index contributed by atoms with van der Waals surface area (Å²) in [5, 5.41) is 0. The van der Waals surface area contributed by atoms with E-state index in [1.165, 1.54) is 38.5 Å². The predicted molar refractivity (Wildman–Crippen MR) is 77.5 cm³/mol. The van der Waals surface area contributed by atoms with E-state index in [1.54, 1.807) is 0 Å². The second kappa shape index (κ2) is 4.34. The molecule has 0 saturated heterocycles. The van der Waals surface area contributed by atoms with Crippen LogP contribution in [0.1, 0.15) is 51.1 Å². The van der Waals surface area contributed by atoms with Crippen molar-refractivity contribution in [3.8, 4) is 5.88 Å². The maximum atomic E-state index is 5.91.